The molecule has 0 radical (unpaired) electrons. The summed E-state index contributed by atoms with van der Waals surface area (Å²) in [5.41, 5.74) is 2.15. The van der Waals surface area contributed by atoms with Gasteiger partial charge in [0, 0.05) is 38.8 Å². The van der Waals surface area contributed by atoms with Crippen LogP contribution in [0.1, 0.15) is 24.0 Å². The van der Waals surface area contributed by atoms with Gasteiger partial charge in [0.25, 0.3) is 0 Å². The van der Waals surface area contributed by atoms with Gasteiger partial charge >= 0.3 is 0 Å². The Morgan fingerprint density at radius 2 is 2.28 bits per heavy atom. The molecule has 0 spiro atoms. The maximum atomic E-state index is 12.6. The van der Waals surface area contributed by atoms with Crippen LogP contribution in [0.2, 0.25) is 0 Å². The highest BCUT2D eigenvalue weighted by Gasteiger charge is 2.34. The number of hydrogen-bond donors (Lipinski definition) is 2. The molecule has 1 aliphatic heterocycles. The van der Waals surface area contributed by atoms with E-state index in [0.717, 1.165) is 23.4 Å². The second kappa shape index (κ2) is 8.87. The molecule has 0 aliphatic carbocycles. The van der Waals surface area contributed by atoms with Crippen molar-refractivity contribution in [2.75, 3.05) is 19.7 Å². The number of carbonyl (C=O) groups is 1. The molecule has 136 valence electrons. The molecule has 1 aromatic heterocycles. The van der Waals surface area contributed by atoms with Gasteiger partial charge < -0.3 is 15.4 Å². The number of hydrogen-bond acceptors (Lipinski definition) is 4. The molecule has 1 saturated heterocycles. The van der Waals surface area contributed by atoms with Gasteiger partial charge in [0.05, 0.1) is 18.7 Å². The Kier molecular flexibility index (Phi) is 6.84. The lowest BCUT2D eigenvalue weighted by Crippen LogP contribution is -2.33. The van der Waals surface area contributed by atoms with Crippen LogP contribution in [0.4, 0.5) is 0 Å². The average molecular weight is 365 g/mol. The lowest BCUT2D eigenvalue weighted by molar-refractivity contribution is -0.125. The summed E-state index contributed by atoms with van der Waals surface area (Å²) in [6, 6.07) is 7.83. The minimum atomic E-state index is -0.0655. The van der Waals surface area contributed by atoms with Gasteiger partial charge in [-0.25, -0.2) is 0 Å². The van der Waals surface area contributed by atoms with Crippen LogP contribution in [-0.2, 0) is 18.4 Å². The summed E-state index contributed by atoms with van der Waals surface area (Å²) in [5.74, 6) is 1.02. The molecule has 0 bridgehead atoms. The van der Waals surface area contributed by atoms with Crippen molar-refractivity contribution >= 4 is 18.3 Å². The Balaban J connectivity index is 0.00000225. The van der Waals surface area contributed by atoms with Gasteiger partial charge in [0.1, 0.15) is 5.75 Å². The molecule has 0 saturated carbocycles. The SMILES string of the molecule is CCOc1cccc(CNC(=O)[C@H]2CNC[C@@H]2c2cnn(C)c2)c1.Cl. The number of rotatable bonds is 6. The minimum absolute atomic E-state index is 0. The average Bonchev–Trinajstić information content (AvgIpc) is 3.22. The van der Waals surface area contributed by atoms with Crippen LogP contribution in [0.3, 0.4) is 0 Å². The first kappa shape index (κ1) is 19.3. The number of ether oxygens (including phenoxy) is 1. The zero-order chi connectivity index (χ0) is 16.9. The van der Waals surface area contributed by atoms with E-state index in [4.69, 9.17) is 4.74 Å². The van der Waals surface area contributed by atoms with Gasteiger partial charge in [0.2, 0.25) is 5.91 Å². The van der Waals surface area contributed by atoms with Crippen LogP contribution in [0, 0.1) is 5.92 Å². The van der Waals surface area contributed by atoms with Crippen molar-refractivity contribution in [1.29, 1.82) is 0 Å². The van der Waals surface area contributed by atoms with Crippen LogP contribution in [0.25, 0.3) is 0 Å². The number of aromatic nitrogens is 2. The van der Waals surface area contributed by atoms with E-state index >= 15 is 0 Å². The molecule has 1 fully saturated rings. The topological polar surface area (TPSA) is 68.2 Å². The van der Waals surface area contributed by atoms with Crippen LogP contribution >= 0.6 is 12.4 Å². The van der Waals surface area contributed by atoms with E-state index in [9.17, 15) is 4.79 Å². The first-order valence-electron chi connectivity index (χ1n) is 8.36. The lowest BCUT2D eigenvalue weighted by atomic mass is 9.90. The molecular formula is C18H25ClN4O2. The standard InChI is InChI=1S/C18H24N4O2.ClH/c1-3-24-15-6-4-5-13(7-15)8-20-18(23)17-11-19-10-16(17)14-9-21-22(2)12-14;/h4-7,9,12,16-17,19H,3,8,10-11H2,1-2H3,(H,20,23);1H/t16-,17+;/m1./s1. The van der Waals surface area contributed by atoms with Crippen molar-refractivity contribution in [2.24, 2.45) is 13.0 Å². The predicted molar refractivity (Wildman–Crippen MR) is 99.0 cm³/mol. The Morgan fingerprint density at radius 1 is 1.44 bits per heavy atom. The number of nitrogens with zero attached hydrogens (tertiary/aromatic N) is 2. The quantitative estimate of drug-likeness (QED) is 0.821. The van der Waals surface area contributed by atoms with Gasteiger partial charge in [-0.3, -0.25) is 9.48 Å². The molecule has 25 heavy (non-hydrogen) atoms. The van der Waals surface area contributed by atoms with Crippen LogP contribution < -0.4 is 15.4 Å². The second-order valence-electron chi connectivity index (χ2n) is 6.12. The number of aryl methyl sites for hydroxylation is 1. The van der Waals surface area contributed by atoms with Gasteiger partial charge in [-0.05, 0) is 30.2 Å². The van der Waals surface area contributed by atoms with E-state index in [1.165, 1.54) is 0 Å². The maximum absolute atomic E-state index is 12.6. The molecule has 7 heteroatoms. The van der Waals surface area contributed by atoms with E-state index in [1.807, 2.05) is 50.6 Å². The Bertz CT molecular complexity index is 704. The maximum Gasteiger partial charge on any atom is 0.225 e. The molecule has 2 aromatic rings. The molecule has 1 amide bonds. The summed E-state index contributed by atoms with van der Waals surface area (Å²) in [7, 11) is 1.90. The summed E-state index contributed by atoms with van der Waals surface area (Å²) in [6.07, 6.45) is 3.84. The fourth-order valence-electron chi connectivity index (χ4n) is 3.17. The normalized spacial score (nSPS) is 19.3. The first-order chi connectivity index (χ1) is 11.7. The molecule has 0 unspecified atom stereocenters. The Hall–Kier alpha value is -2.05. The first-order valence-corrected chi connectivity index (χ1v) is 8.36. The molecule has 1 aromatic carbocycles. The molecule has 3 rings (SSSR count). The van der Waals surface area contributed by atoms with E-state index in [-0.39, 0.29) is 30.2 Å². The van der Waals surface area contributed by atoms with Gasteiger partial charge in [0.15, 0.2) is 0 Å². The highest BCUT2D eigenvalue weighted by Crippen LogP contribution is 2.28. The Morgan fingerprint density at radius 3 is 3.00 bits per heavy atom. The molecule has 2 heterocycles. The summed E-state index contributed by atoms with van der Waals surface area (Å²) >= 11 is 0. The summed E-state index contributed by atoms with van der Waals surface area (Å²) in [6.45, 7) is 4.61. The van der Waals surface area contributed by atoms with Crippen molar-refractivity contribution in [3.63, 3.8) is 0 Å². The zero-order valence-corrected chi connectivity index (χ0v) is 15.4. The highest BCUT2D eigenvalue weighted by atomic mass is 35.5. The van der Waals surface area contributed by atoms with Crippen molar-refractivity contribution in [3.05, 3.63) is 47.8 Å². The predicted octanol–water partition coefficient (Wildman–Crippen LogP) is 1.86. The molecule has 2 N–H and O–H groups in total. The van der Waals surface area contributed by atoms with Crippen LogP contribution in [0.15, 0.2) is 36.7 Å². The molecule has 1 aliphatic rings. The minimum Gasteiger partial charge on any atom is -0.494 e. The van der Waals surface area contributed by atoms with E-state index < -0.39 is 0 Å². The number of benzene rings is 1. The smallest absolute Gasteiger partial charge is 0.225 e. The van der Waals surface area contributed by atoms with Crippen LogP contribution in [0.5, 0.6) is 5.75 Å². The fraction of sp³-hybridized carbons (Fsp3) is 0.444. The zero-order valence-electron chi connectivity index (χ0n) is 14.6. The van der Waals surface area contributed by atoms with Gasteiger partial charge in [-0.15, -0.1) is 12.4 Å². The van der Waals surface area contributed by atoms with Crippen molar-refractivity contribution in [1.82, 2.24) is 20.4 Å². The Labute approximate surface area is 154 Å². The van der Waals surface area contributed by atoms with E-state index in [0.29, 0.717) is 19.7 Å². The largest absolute Gasteiger partial charge is 0.494 e. The second-order valence-corrected chi connectivity index (χ2v) is 6.12. The fourth-order valence-corrected chi connectivity index (χ4v) is 3.17. The monoisotopic (exact) mass is 364 g/mol. The van der Waals surface area contributed by atoms with Gasteiger partial charge in [-0.2, -0.15) is 5.10 Å². The summed E-state index contributed by atoms with van der Waals surface area (Å²) in [5, 5.41) is 10.6. The van der Waals surface area contributed by atoms with Crippen molar-refractivity contribution in [2.45, 2.75) is 19.4 Å². The van der Waals surface area contributed by atoms with E-state index in [1.54, 1.807) is 4.68 Å². The third kappa shape index (κ3) is 4.74. The highest BCUT2D eigenvalue weighted by molar-refractivity contribution is 5.85. The lowest BCUT2D eigenvalue weighted by Gasteiger charge is -2.17. The number of amides is 1. The third-order valence-electron chi connectivity index (χ3n) is 4.38. The molecule has 6 nitrogen and oxygen atoms in total. The van der Waals surface area contributed by atoms with Crippen molar-refractivity contribution < 1.29 is 9.53 Å². The summed E-state index contributed by atoms with van der Waals surface area (Å²) in [4.78, 5) is 12.6. The number of halogens is 1. The molecular weight excluding hydrogens is 340 g/mol. The summed E-state index contributed by atoms with van der Waals surface area (Å²) < 4.78 is 7.28. The van der Waals surface area contributed by atoms with Crippen molar-refractivity contribution in [3.8, 4) is 5.75 Å². The number of nitrogens with one attached hydrogen (secondary N) is 2. The van der Waals surface area contributed by atoms with Crippen LogP contribution in [-0.4, -0.2) is 35.4 Å². The number of carbonyl (C=O) groups excluding carboxylic acids is 1. The molecule has 2 atom stereocenters. The third-order valence-corrected chi connectivity index (χ3v) is 4.38. The van der Waals surface area contributed by atoms with E-state index in [2.05, 4.69) is 15.7 Å². The van der Waals surface area contributed by atoms with Gasteiger partial charge in [-0.1, -0.05) is 12.1 Å².